The molecule has 0 bridgehead atoms. The van der Waals surface area contributed by atoms with E-state index in [9.17, 15) is 9.00 Å². The molecule has 1 unspecified atom stereocenters. The molecule has 0 aliphatic carbocycles. The Kier molecular flexibility index (Phi) is 3.87. The van der Waals surface area contributed by atoms with Gasteiger partial charge in [0.1, 0.15) is 0 Å². The van der Waals surface area contributed by atoms with Gasteiger partial charge >= 0.3 is 0 Å². The molecule has 0 spiro atoms. The van der Waals surface area contributed by atoms with Gasteiger partial charge in [0.2, 0.25) is 5.91 Å². The Morgan fingerprint density at radius 2 is 2.08 bits per heavy atom. The van der Waals surface area contributed by atoms with Crippen LogP contribution in [0.3, 0.4) is 0 Å². The van der Waals surface area contributed by atoms with Crippen LogP contribution < -0.4 is 5.14 Å². The number of likely N-dealkylation sites (tertiary alicyclic amines) is 1. The average Bonchev–Trinajstić information content (AvgIpc) is 2.04. The Hall–Kier alpha value is -0.420. The lowest BCUT2D eigenvalue weighted by Gasteiger charge is -2.30. The third-order valence-corrected chi connectivity index (χ3v) is 3.26. The molecule has 0 radical (unpaired) electrons. The van der Waals surface area contributed by atoms with Crippen LogP contribution in [0.2, 0.25) is 0 Å². The molecule has 0 saturated carbocycles. The zero-order chi connectivity index (χ0) is 9.84. The van der Waals surface area contributed by atoms with Crippen LogP contribution in [0.5, 0.6) is 0 Å². The summed E-state index contributed by atoms with van der Waals surface area (Å²) in [4.78, 5) is 12.8. The molecule has 1 aliphatic heterocycles. The van der Waals surface area contributed by atoms with E-state index in [1.165, 1.54) is 0 Å². The molecule has 1 heterocycles. The van der Waals surface area contributed by atoms with Gasteiger partial charge in [0.05, 0.1) is 11.0 Å². The summed E-state index contributed by atoms with van der Waals surface area (Å²) in [6, 6.07) is 0. The third-order valence-electron chi connectivity index (χ3n) is 2.46. The summed E-state index contributed by atoms with van der Waals surface area (Å²) in [6.45, 7) is 3.16. The van der Waals surface area contributed by atoms with Crippen LogP contribution in [0.25, 0.3) is 0 Å². The van der Waals surface area contributed by atoms with Crippen molar-refractivity contribution in [1.29, 1.82) is 0 Å². The molecule has 5 heteroatoms. The minimum atomic E-state index is -1.19. The van der Waals surface area contributed by atoms with E-state index in [4.69, 9.17) is 5.14 Å². The molecule has 0 aromatic heterocycles. The van der Waals surface area contributed by atoms with Crippen LogP contribution in [0.15, 0.2) is 0 Å². The summed E-state index contributed by atoms with van der Waals surface area (Å²) in [5.74, 6) is 1.14. The van der Waals surface area contributed by atoms with Gasteiger partial charge in [-0.25, -0.2) is 4.21 Å². The van der Waals surface area contributed by atoms with E-state index >= 15 is 0 Å². The smallest absolute Gasteiger partial charge is 0.219 e. The summed E-state index contributed by atoms with van der Waals surface area (Å²) in [6.07, 6.45) is 1.87. The summed E-state index contributed by atoms with van der Waals surface area (Å²) < 4.78 is 10.7. The predicted molar refractivity (Wildman–Crippen MR) is 52.2 cm³/mol. The van der Waals surface area contributed by atoms with E-state index < -0.39 is 11.0 Å². The van der Waals surface area contributed by atoms with Gasteiger partial charge in [0.25, 0.3) is 0 Å². The van der Waals surface area contributed by atoms with Crippen molar-refractivity contribution < 1.29 is 9.00 Å². The lowest BCUT2D eigenvalue weighted by molar-refractivity contribution is -0.130. The van der Waals surface area contributed by atoms with E-state index in [0.717, 1.165) is 25.9 Å². The molecule has 1 amide bonds. The van der Waals surface area contributed by atoms with E-state index in [2.05, 4.69) is 0 Å². The Labute approximate surface area is 81.1 Å². The fourth-order valence-corrected chi connectivity index (χ4v) is 2.44. The molecule has 13 heavy (non-hydrogen) atoms. The molecular weight excluding hydrogens is 188 g/mol. The first-order chi connectivity index (χ1) is 6.09. The van der Waals surface area contributed by atoms with Gasteiger partial charge in [-0.05, 0) is 18.8 Å². The number of hydrogen-bond acceptors (Lipinski definition) is 2. The first-order valence-electron chi connectivity index (χ1n) is 4.48. The molecule has 0 aromatic carbocycles. The predicted octanol–water partition coefficient (Wildman–Crippen LogP) is -0.133. The van der Waals surface area contributed by atoms with Gasteiger partial charge in [-0.2, -0.15) is 0 Å². The lowest BCUT2D eigenvalue weighted by Crippen LogP contribution is -2.38. The highest BCUT2D eigenvalue weighted by atomic mass is 32.2. The van der Waals surface area contributed by atoms with Crippen molar-refractivity contribution in [2.45, 2.75) is 19.8 Å². The Morgan fingerprint density at radius 1 is 1.54 bits per heavy atom. The molecule has 2 N–H and O–H groups in total. The van der Waals surface area contributed by atoms with Crippen molar-refractivity contribution in [2.24, 2.45) is 11.1 Å². The highest BCUT2D eigenvalue weighted by molar-refractivity contribution is 7.82. The number of amides is 1. The van der Waals surface area contributed by atoms with Gasteiger partial charge in [-0.15, -0.1) is 0 Å². The zero-order valence-electron chi connectivity index (χ0n) is 7.86. The quantitative estimate of drug-likeness (QED) is 0.681. The molecule has 76 valence electrons. The maximum Gasteiger partial charge on any atom is 0.219 e. The molecule has 1 aliphatic rings. The van der Waals surface area contributed by atoms with Crippen LogP contribution >= 0.6 is 0 Å². The molecule has 0 aromatic rings. The average molecular weight is 204 g/mol. The Bertz CT molecular complexity index is 212. The standard InChI is InChI=1S/C8H16N2O2S/c1-7(11)10-4-2-8(3-5-10)6-13(9)12/h8H,2-6,9H2,1H3. The van der Waals surface area contributed by atoms with Crippen molar-refractivity contribution in [2.75, 3.05) is 18.8 Å². The monoisotopic (exact) mass is 204 g/mol. The van der Waals surface area contributed by atoms with Crippen molar-refractivity contribution in [3.63, 3.8) is 0 Å². The normalized spacial score (nSPS) is 21.5. The minimum Gasteiger partial charge on any atom is -0.343 e. The van der Waals surface area contributed by atoms with Gasteiger partial charge in [0, 0.05) is 25.8 Å². The number of nitrogens with zero attached hydrogens (tertiary/aromatic N) is 1. The molecule has 1 atom stereocenters. The number of rotatable bonds is 2. The zero-order valence-corrected chi connectivity index (χ0v) is 8.68. The second-order valence-corrected chi connectivity index (χ2v) is 4.59. The SMILES string of the molecule is CC(=O)N1CCC(CS(N)=O)CC1. The molecular formula is C8H16N2O2S. The van der Waals surface area contributed by atoms with Gasteiger partial charge in [-0.1, -0.05) is 0 Å². The summed E-state index contributed by atoms with van der Waals surface area (Å²) in [5, 5.41) is 5.21. The van der Waals surface area contributed by atoms with Gasteiger partial charge < -0.3 is 4.90 Å². The second-order valence-electron chi connectivity index (χ2n) is 3.50. The van der Waals surface area contributed by atoms with Crippen molar-refractivity contribution in [3.05, 3.63) is 0 Å². The van der Waals surface area contributed by atoms with Crippen LogP contribution in [0.1, 0.15) is 19.8 Å². The molecule has 1 rings (SSSR count). The summed E-state index contributed by atoms with van der Waals surface area (Å²) >= 11 is 0. The van der Waals surface area contributed by atoms with Crippen molar-refractivity contribution >= 4 is 16.9 Å². The first kappa shape index (κ1) is 10.7. The lowest BCUT2D eigenvalue weighted by atomic mass is 9.99. The van der Waals surface area contributed by atoms with E-state index in [0.29, 0.717) is 11.7 Å². The van der Waals surface area contributed by atoms with Gasteiger partial charge in [0.15, 0.2) is 0 Å². The van der Waals surface area contributed by atoms with E-state index in [-0.39, 0.29) is 5.91 Å². The maximum atomic E-state index is 11.0. The molecule has 1 saturated heterocycles. The Balaban J connectivity index is 2.30. The van der Waals surface area contributed by atoms with E-state index in [1.807, 2.05) is 4.90 Å². The van der Waals surface area contributed by atoms with Gasteiger partial charge in [-0.3, -0.25) is 9.93 Å². The maximum absolute atomic E-state index is 11.0. The highest BCUT2D eigenvalue weighted by Gasteiger charge is 2.21. The summed E-state index contributed by atoms with van der Waals surface area (Å²) in [5.41, 5.74) is 0. The molecule has 1 fully saturated rings. The fourth-order valence-electron chi connectivity index (χ4n) is 1.65. The van der Waals surface area contributed by atoms with Crippen molar-refractivity contribution in [1.82, 2.24) is 4.90 Å². The third kappa shape index (κ3) is 3.44. The number of piperidine rings is 1. The topological polar surface area (TPSA) is 63.4 Å². The number of carbonyl (C=O) groups excluding carboxylic acids is 1. The first-order valence-corrected chi connectivity index (χ1v) is 5.86. The van der Waals surface area contributed by atoms with Crippen LogP contribution in [0.4, 0.5) is 0 Å². The minimum absolute atomic E-state index is 0.132. The van der Waals surface area contributed by atoms with Crippen LogP contribution in [-0.4, -0.2) is 33.9 Å². The summed E-state index contributed by atoms with van der Waals surface area (Å²) in [7, 11) is -1.19. The van der Waals surface area contributed by atoms with Crippen molar-refractivity contribution in [3.8, 4) is 0 Å². The number of carbonyl (C=O) groups is 1. The van der Waals surface area contributed by atoms with Crippen LogP contribution in [0, 0.1) is 5.92 Å². The largest absolute Gasteiger partial charge is 0.343 e. The number of nitrogens with two attached hydrogens (primary N) is 1. The molecule has 4 nitrogen and oxygen atoms in total. The Morgan fingerprint density at radius 3 is 2.46 bits per heavy atom. The number of hydrogen-bond donors (Lipinski definition) is 1. The second kappa shape index (κ2) is 4.72. The van der Waals surface area contributed by atoms with E-state index in [1.54, 1.807) is 6.92 Å². The van der Waals surface area contributed by atoms with Crippen LogP contribution in [-0.2, 0) is 15.8 Å². The fraction of sp³-hybridized carbons (Fsp3) is 0.875. The highest BCUT2D eigenvalue weighted by Crippen LogP contribution is 2.17.